The van der Waals surface area contributed by atoms with E-state index in [9.17, 15) is 4.79 Å². The van der Waals surface area contributed by atoms with E-state index in [1.807, 2.05) is 13.2 Å². The Hall–Kier alpha value is -1.32. The highest BCUT2D eigenvalue weighted by Gasteiger charge is 1.91. The summed E-state index contributed by atoms with van der Waals surface area (Å²) < 4.78 is 1.70. The fourth-order valence-corrected chi connectivity index (χ4v) is 0.723. The molecule has 0 bridgehead atoms. The van der Waals surface area contributed by atoms with E-state index < -0.39 is 0 Å². The molecule has 0 unspecified atom stereocenters. The molecule has 0 saturated carbocycles. The summed E-state index contributed by atoms with van der Waals surface area (Å²) in [5, 5.41) is 6.47. The Labute approximate surface area is 58.8 Å². The molecule has 0 fully saturated rings. The number of nitrogens with zero attached hydrogens (tertiary/aromatic N) is 2. The number of hydrogen-bond donors (Lipinski definition) is 1. The van der Waals surface area contributed by atoms with E-state index in [0.29, 0.717) is 13.0 Å². The molecule has 0 aliphatic rings. The predicted octanol–water partition coefficient (Wildman–Crippen LogP) is -0.334. The van der Waals surface area contributed by atoms with Gasteiger partial charge in [-0.1, -0.05) is 0 Å². The molecule has 54 valence electrons. The van der Waals surface area contributed by atoms with Crippen molar-refractivity contribution in [2.75, 3.05) is 0 Å². The van der Waals surface area contributed by atoms with Gasteiger partial charge in [0.1, 0.15) is 0 Å². The van der Waals surface area contributed by atoms with Crippen molar-refractivity contribution in [2.45, 2.75) is 6.54 Å². The molecule has 1 aromatic heterocycles. The molecule has 0 radical (unpaired) electrons. The third-order valence-corrected chi connectivity index (χ3v) is 1.15. The molecule has 0 aliphatic carbocycles. The van der Waals surface area contributed by atoms with E-state index in [1.165, 1.54) is 0 Å². The second kappa shape index (κ2) is 3.00. The Morgan fingerprint density at radius 2 is 2.70 bits per heavy atom. The van der Waals surface area contributed by atoms with Gasteiger partial charge in [-0.3, -0.25) is 9.48 Å². The van der Waals surface area contributed by atoms with Crippen LogP contribution in [0.4, 0.5) is 0 Å². The van der Waals surface area contributed by atoms with Crippen LogP contribution in [0.25, 0.3) is 0 Å². The largest absolute Gasteiger partial charge is 0.354 e. The summed E-state index contributed by atoms with van der Waals surface area (Å²) in [5.74, 6) is 0. The number of rotatable bonds is 3. The SMILES string of the molecule is Cn1cc(CNC=O)cn1. The van der Waals surface area contributed by atoms with Gasteiger partial charge in [0.05, 0.1) is 6.20 Å². The third kappa shape index (κ3) is 1.58. The van der Waals surface area contributed by atoms with Gasteiger partial charge in [0, 0.05) is 25.4 Å². The van der Waals surface area contributed by atoms with Gasteiger partial charge in [-0.15, -0.1) is 0 Å². The molecule has 4 nitrogen and oxygen atoms in total. The van der Waals surface area contributed by atoms with Crippen LogP contribution in [0.3, 0.4) is 0 Å². The van der Waals surface area contributed by atoms with E-state index in [2.05, 4.69) is 10.4 Å². The molecule has 4 heteroatoms. The van der Waals surface area contributed by atoms with Crippen LogP contribution in [0.2, 0.25) is 0 Å². The number of aromatic nitrogens is 2. The van der Waals surface area contributed by atoms with Gasteiger partial charge in [0.2, 0.25) is 6.41 Å². The molecule has 1 rings (SSSR count). The summed E-state index contributed by atoms with van der Waals surface area (Å²) in [6, 6.07) is 0. The third-order valence-electron chi connectivity index (χ3n) is 1.15. The first-order valence-corrected chi connectivity index (χ1v) is 2.97. The van der Waals surface area contributed by atoms with Crippen LogP contribution in [0, 0.1) is 0 Å². The lowest BCUT2D eigenvalue weighted by Crippen LogP contribution is -2.08. The maximum Gasteiger partial charge on any atom is 0.207 e. The molecule has 0 saturated heterocycles. The van der Waals surface area contributed by atoms with Gasteiger partial charge in [-0.05, 0) is 0 Å². The monoisotopic (exact) mass is 139 g/mol. The van der Waals surface area contributed by atoms with Gasteiger partial charge in [-0.25, -0.2) is 0 Å². The van der Waals surface area contributed by atoms with Crippen molar-refractivity contribution in [1.82, 2.24) is 15.1 Å². The Morgan fingerprint density at radius 3 is 3.20 bits per heavy atom. The second-order valence-electron chi connectivity index (χ2n) is 2.02. The summed E-state index contributed by atoms with van der Waals surface area (Å²) in [7, 11) is 1.84. The maximum absolute atomic E-state index is 9.85. The Kier molecular flexibility index (Phi) is 2.04. The highest BCUT2D eigenvalue weighted by molar-refractivity contribution is 5.46. The van der Waals surface area contributed by atoms with Crippen molar-refractivity contribution in [3.8, 4) is 0 Å². The van der Waals surface area contributed by atoms with Crippen LogP contribution in [0.15, 0.2) is 12.4 Å². The summed E-state index contributed by atoms with van der Waals surface area (Å²) in [6.45, 7) is 0.553. The highest BCUT2D eigenvalue weighted by atomic mass is 16.1. The number of hydrogen-bond acceptors (Lipinski definition) is 2. The average molecular weight is 139 g/mol. The minimum absolute atomic E-state index is 0.553. The fraction of sp³-hybridized carbons (Fsp3) is 0.333. The van der Waals surface area contributed by atoms with Gasteiger partial charge in [0.15, 0.2) is 0 Å². The van der Waals surface area contributed by atoms with Gasteiger partial charge < -0.3 is 5.32 Å². The Morgan fingerprint density at radius 1 is 1.90 bits per heavy atom. The van der Waals surface area contributed by atoms with Crippen molar-refractivity contribution in [2.24, 2.45) is 7.05 Å². The summed E-state index contributed by atoms with van der Waals surface area (Å²) >= 11 is 0. The maximum atomic E-state index is 9.85. The van der Waals surface area contributed by atoms with Gasteiger partial charge >= 0.3 is 0 Å². The van der Waals surface area contributed by atoms with Crippen molar-refractivity contribution < 1.29 is 4.79 Å². The predicted molar refractivity (Wildman–Crippen MR) is 36.1 cm³/mol. The summed E-state index contributed by atoms with van der Waals surface area (Å²) in [5.41, 5.74) is 1.01. The highest BCUT2D eigenvalue weighted by Crippen LogP contribution is 1.93. The van der Waals surface area contributed by atoms with Crippen molar-refractivity contribution in [3.63, 3.8) is 0 Å². The molecule has 0 aliphatic heterocycles. The quantitative estimate of drug-likeness (QED) is 0.583. The Bertz CT molecular complexity index is 219. The van der Waals surface area contributed by atoms with E-state index in [4.69, 9.17) is 0 Å². The molecular formula is C6H9N3O. The number of carbonyl (C=O) groups is 1. The first-order valence-electron chi connectivity index (χ1n) is 2.97. The molecule has 0 atom stereocenters. The van der Waals surface area contributed by atoms with Crippen molar-refractivity contribution >= 4 is 6.41 Å². The molecule has 1 aromatic rings. The molecule has 1 amide bonds. The molecule has 0 spiro atoms. The lowest BCUT2D eigenvalue weighted by Gasteiger charge is -1.90. The Balaban J connectivity index is 2.49. The summed E-state index contributed by atoms with van der Waals surface area (Å²) in [6.07, 6.45) is 4.25. The molecule has 1 heterocycles. The molecule has 0 aromatic carbocycles. The van der Waals surface area contributed by atoms with Crippen molar-refractivity contribution in [3.05, 3.63) is 18.0 Å². The molecule has 1 N–H and O–H groups in total. The molecular weight excluding hydrogens is 130 g/mol. The van der Waals surface area contributed by atoms with E-state index in [1.54, 1.807) is 10.9 Å². The van der Waals surface area contributed by atoms with E-state index in [0.717, 1.165) is 5.56 Å². The number of carbonyl (C=O) groups excluding carboxylic acids is 1. The lowest BCUT2D eigenvalue weighted by atomic mass is 10.4. The lowest BCUT2D eigenvalue weighted by molar-refractivity contribution is -0.109. The molecule has 10 heavy (non-hydrogen) atoms. The number of aryl methyl sites for hydroxylation is 1. The van der Waals surface area contributed by atoms with Gasteiger partial charge in [0.25, 0.3) is 0 Å². The smallest absolute Gasteiger partial charge is 0.207 e. The van der Waals surface area contributed by atoms with Crippen LogP contribution < -0.4 is 5.32 Å². The standard InChI is InChI=1S/C6H9N3O/c1-9-4-6(3-8-9)2-7-5-10/h3-5H,2H2,1H3,(H,7,10). The fourth-order valence-electron chi connectivity index (χ4n) is 0.723. The van der Waals surface area contributed by atoms with Crippen LogP contribution in [0.1, 0.15) is 5.56 Å². The number of amides is 1. The minimum Gasteiger partial charge on any atom is -0.354 e. The van der Waals surface area contributed by atoms with Crippen LogP contribution >= 0.6 is 0 Å². The van der Waals surface area contributed by atoms with Crippen LogP contribution in [-0.2, 0) is 18.4 Å². The van der Waals surface area contributed by atoms with Crippen LogP contribution in [0.5, 0.6) is 0 Å². The minimum atomic E-state index is 0.553. The van der Waals surface area contributed by atoms with Crippen molar-refractivity contribution in [1.29, 1.82) is 0 Å². The number of nitrogens with one attached hydrogen (secondary N) is 1. The first kappa shape index (κ1) is 6.80. The normalized spacial score (nSPS) is 9.30. The topological polar surface area (TPSA) is 46.9 Å². The zero-order valence-corrected chi connectivity index (χ0v) is 5.74. The average Bonchev–Trinajstić information content (AvgIpc) is 2.31. The zero-order chi connectivity index (χ0) is 7.40. The summed E-state index contributed by atoms with van der Waals surface area (Å²) in [4.78, 5) is 9.85. The first-order chi connectivity index (χ1) is 4.83. The second-order valence-corrected chi connectivity index (χ2v) is 2.02. The van der Waals surface area contributed by atoms with E-state index in [-0.39, 0.29) is 0 Å². The van der Waals surface area contributed by atoms with Crippen LogP contribution in [-0.4, -0.2) is 16.2 Å². The zero-order valence-electron chi connectivity index (χ0n) is 5.74. The van der Waals surface area contributed by atoms with E-state index >= 15 is 0 Å². The van der Waals surface area contributed by atoms with Gasteiger partial charge in [-0.2, -0.15) is 5.10 Å².